The monoisotopic (exact) mass is 212 g/mol. The highest BCUT2D eigenvalue weighted by molar-refractivity contribution is 5.75. The lowest BCUT2D eigenvalue weighted by molar-refractivity contribution is -0.148. The molecule has 1 fully saturated rings. The van der Waals surface area contributed by atoms with E-state index in [1.165, 1.54) is 6.42 Å². The number of esters is 1. The van der Waals surface area contributed by atoms with Crippen LogP contribution >= 0.6 is 0 Å². The van der Waals surface area contributed by atoms with Gasteiger partial charge < -0.3 is 4.74 Å². The van der Waals surface area contributed by atoms with Crippen molar-refractivity contribution in [2.24, 2.45) is 11.3 Å². The largest absolute Gasteiger partial charge is 0.459 e. The summed E-state index contributed by atoms with van der Waals surface area (Å²) in [6.07, 6.45) is 4.17. The molecule has 1 aliphatic rings. The molecule has 0 aromatic rings. The van der Waals surface area contributed by atoms with E-state index in [4.69, 9.17) is 4.74 Å². The van der Waals surface area contributed by atoms with Crippen molar-refractivity contribution >= 4 is 5.97 Å². The van der Waals surface area contributed by atoms with Crippen molar-refractivity contribution in [2.75, 3.05) is 0 Å². The fraction of sp³-hybridized carbons (Fsp3) is 0.923. The molecule has 0 bridgehead atoms. The van der Waals surface area contributed by atoms with E-state index in [1.807, 2.05) is 13.8 Å². The molecule has 0 aromatic carbocycles. The molecule has 0 amide bonds. The Morgan fingerprint density at radius 2 is 2.00 bits per heavy atom. The molecule has 1 saturated heterocycles. The summed E-state index contributed by atoms with van der Waals surface area (Å²) in [5.74, 6) is 0.149. The summed E-state index contributed by atoms with van der Waals surface area (Å²) in [4.78, 5) is 11.5. The topological polar surface area (TPSA) is 26.3 Å². The Labute approximate surface area is 93.4 Å². The summed E-state index contributed by atoms with van der Waals surface area (Å²) in [6.45, 7) is 10.7. The first-order chi connectivity index (χ1) is 6.70. The SMILES string of the molecule is CC(C)(C)CCCC1CC(C)(C)OC1=O. The molecule has 0 spiro atoms. The Balaban J connectivity index is 2.32. The lowest BCUT2D eigenvalue weighted by atomic mass is 9.86. The molecule has 0 aromatic heterocycles. The summed E-state index contributed by atoms with van der Waals surface area (Å²) in [6, 6.07) is 0. The van der Waals surface area contributed by atoms with Crippen LogP contribution in [0.4, 0.5) is 0 Å². The quantitative estimate of drug-likeness (QED) is 0.669. The predicted octanol–water partition coefficient (Wildman–Crippen LogP) is 3.54. The van der Waals surface area contributed by atoms with Crippen LogP contribution in [0.3, 0.4) is 0 Å². The highest BCUT2D eigenvalue weighted by Gasteiger charge is 2.39. The van der Waals surface area contributed by atoms with Gasteiger partial charge in [-0.3, -0.25) is 4.79 Å². The van der Waals surface area contributed by atoms with Crippen LogP contribution in [0.5, 0.6) is 0 Å². The van der Waals surface area contributed by atoms with Crippen LogP contribution in [0, 0.1) is 11.3 Å². The normalized spacial score (nSPS) is 25.4. The summed E-state index contributed by atoms with van der Waals surface area (Å²) in [5.41, 5.74) is 0.140. The van der Waals surface area contributed by atoms with Gasteiger partial charge in [0.1, 0.15) is 5.60 Å². The zero-order valence-electron chi connectivity index (χ0n) is 10.7. The predicted molar refractivity (Wildman–Crippen MR) is 61.6 cm³/mol. The third kappa shape index (κ3) is 4.23. The summed E-state index contributed by atoms with van der Waals surface area (Å²) in [5, 5.41) is 0. The van der Waals surface area contributed by atoms with E-state index in [2.05, 4.69) is 20.8 Å². The van der Waals surface area contributed by atoms with Crippen molar-refractivity contribution in [3.05, 3.63) is 0 Å². The average molecular weight is 212 g/mol. The van der Waals surface area contributed by atoms with E-state index >= 15 is 0 Å². The zero-order valence-corrected chi connectivity index (χ0v) is 10.7. The fourth-order valence-electron chi connectivity index (χ4n) is 2.17. The molecule has 1 heterocycles. The van der Waals surface area contributed by atoms with Gasteiger partial charge in [-0.2, -0.15) is 0 Å². The number of ether oxygens (including phenoxy) is 1. The molecule has 1 unspecified atom stereocenters. The number of cyclic esters (lactones) is 1. The molecule has 0 N–H and O–H groups in total. The second-order valence-electron chi connectivity index (χ2n) is 6.53. The highest BCUT2D eigenvalue weighted by atomic mass is 16.6. The van der Waals surface area contributed by atoms with Gasteiger partial charge in [0.05, 0.1) is 5.92 Å². The minimum Gasteiger partial charge on any atom is -0.459 e. The molecule has 0 aliphatic carbocycles. The smallest absolute Gasteiger partial charge is 0.309 e. The van der Waals surface area contributed by atoms with Gasteiger partial charge in [-0.05, 0) is 38.5 Å². The van der Waals surface area contributed by atoms with Crippen molar-refractivity contribution in [3.8, 4) is 0 Å². The number of carbonyl (C=O) groups is 1. The molecule has 15 heavy (non-hydrogen) atoms. The Bertz CT molecular complexity index is 235. The minimum absolute atomic E-state index is 0.00825. The second-order valence-corrected chi connectivity index (χ2v) is 6.53. The van der Waals surface area contributed by atoms with E-state index in [0.717, 1.165) is 19.3 Å². The minimum atomic E-state index is -0.233. The van der Waals surface area contributed by atoms with Crippen LogP contribution < -0.4 is 0 Å². The van der Waals surface area contributed by atoms with Crippen LogP contribution in [0.2, 0.25) is 0 Å². The maximum absolute atomic E-state index is 11.5. The maximum Gasteiger partial charge on any atom is 0.309 e. The van der Waals surface area contributed by atoms with E-state index in [1.54, 1.807) is 0 Å². The van der Waals surface area contributed by atoms with Gasteiger partial charge in [-0.25, -0.2) is 0 Å². The molecule has 0 radical (unpaired) electrons. The zero-order chi connectivity index (χ0) is 11.7. The number of carbonyl (C=O) groups excluding carboxylic acids is 1. The molecule has 2 nitrogen and oxygen atoms in total. The number of rotatable bonds is 3. The molecule has 1 aliphatic heterocycles. The van der Waals surface area contributed by atoms with Gasteiger partial charge in [0.25, 0.3) is 0 Å². The first-order valence-electron chi connectivity index (χ1n) is 5.92. The van der Waals surface area contributed by atoms with E-state index in [-0.39, 0.29) is 17.5 Å². The van der Waals surface area contributed by atoms with Gasteiger partial charge in [0.2, 0.25) is 0 Å². The third-order valence-electron chi connectivity index (χ3n) is 2.93. The maximum atomic E-state index is 11.5. The van der Waals surface area contributed by atoms with Crippen molar-refractivity contribution in [3.63, 3.8) is 0 Å². The van der Waals surface area contributed by atoms with Crippen LogP contribution in [0.15, 0.2) is 0 Å². The summed E-state index contributed by atoms with van der Waals surface area (Å²) in [7, 11) is 0. The summed E-state index contributed by atoms with van der Waals surface area (Å²) < 4.78 is 5.31. The Kier molecular flexibility index (Phi) is 3.47. The number of hydrogen-bond donors (Lipinski definition) is 0. The van der Waals surface area contributed by atoms with Gasteiger partial charge in [-0.1, -0.05) is 27.2 Å². The van der Waals surface area contributed by atoms with Gasteiger partial charge in [-0.15, -0.1) is 0 Å². The Morgan fingerprint density at radius 1 is 1.40 bits per heavy atom. The molecule has 1 rings (SSSR count). The lowest BCUT2D eigenvalue weighted by Gasteiger charge is -2.18. The van der Waals surface area contributed by atoms with Gasteiger partial charge in [0.15, 0.2) is 0 Å². The Morgan fingerprint density at radius 3 is 2.40 bits per heavy atom. The van der Waals surface area contributed by atoms with Gasteiger partial charge in [0, 0.05) is 0 Å². The van der Waals surface area contributed by atoms with E-state index in [9.17, 15) is 4.79 Å². The molecular weight excluding hydrogens is 188 g/mol. The first kappa shape index (κ1) is 12.5. The lowest BCUT2D eigenvalue weighted by Crippen LogP contribution is -2.17. The van der Waals surface area contributed by atoms with Crippen LogP contribution in [0.25, 0.3) is 0 Å². The second kappa shape index (κ2) is 4.15. The van der Waals surface area contributed by atoms with Gasteiger partial charge >= 0.3 is 5.97 Å². The standard InChI is InChI=1S/C13H24O2/c1-12(2,3)8-6-7-10-9-13(4,5)15-11(10)14/h10H,6-9H2,1-5H3. The van der Waals surface area contributed by atoms with Crippen molar-refractivity contribution in [1.82, 2.24) is 0 Å². The fourth-order valence-corrected chi connectivity index (χ4v) is 2.17. The Hall–Kier alpha value is -0.530. The van der Waals surface area contributed by atoms with Crippen LogP contribution in [-0.4, -0.2) is 11.6 Å². The van der Waals surface area contributed by atoms with Crippen molar-refractivity contribution in [2.45, 2.75) is 65.9 Å². The summed E-state index contributed by atoms with van der Waals surface area (Å²) >= 11 is 0. The number of hydrogen-bond acceptors (Lipinski definition) is 2. The van der Waals surface area contributed by atoms with E-state index < -0.39 is 0 Å². The molecule has 1 atom stereocenters. The molecule has 0 saturated carbocycles. The molecular formula is C13H24O2. The van der Waals surface area contributed by atoms with Crippen LogP contribution in [0.1, 0.15) is 60.3 Å². The van der Waals surface area contributed by atoms with E-state index in [0.29, 0.717) is 5.41 Å². The third-order valence-corrected chi connectivity index (χ3v) is 2.93. The highest BCUT2D eigenvalue weighted by Crippen LogP contribution is 2.34. The molecule has 2 heteroatoms. The van der Waals surface area contributed by atoms with Crippen molar-refractivity contribution < 1.29 is 9.53 Å². The van der Waals surface area contributed by atoms with Crippen molar-refractivity contribution in [1.29, 1.82) is 0 Å². The molecule has 88 valence electrons. The average Bonchev–Trinajstić information content (AvgIpc) is 2.22. The first-order valence-corrected chi connectivity index (χ1v) is 5.92. The van der Waals surface area contributed by atoms with Crippen LogP contribution in [-0.2, 0) is 9.53 Å².